The summed E-state index contributed by atoms with van der Waals surface area (Å²) in [5, 5.41) is 2.72. The summed E-state index contributed by atoms with van der Waals surface area (Å²) >= 11 is 0. The van der Waals surface area contributed by atoms with Crippen molar-refractivity contribution in [2.45, 2.75) is 18.7 Å². The fourth-order valence-corrected chi connectivity index (χ4v) is 4.42. The summed E-state index contributed by atoms with van der Waals surface area (Å²) in [7, 11) is -2.64. The van der Waals surface area contributed by atoms with E-state index in [1.54, 1.807) is 36.4 Å². The molecule has 6 nitrogen and oxygen atoms in total. The third-order valence-electron chi connectivity index (χ3n) is 4.64. The van der Waals surface area contributed by atoms with Crippen LogP contribution < -0.4 is 14.4 Å². The maximum absolute atomic E-state index is 13.3. The second-order valence-corrected chi connectivity index (χ2v) is 8.92. The Kier molecular flexibility index (Phi) is 6.60. The minimum absolute atomic E-state index is 0.115. The highest BCUT2D eigenvalue weighted by Gasteiger charge is 2.27. The Labute approximate surface area is 181 Å². The predicted octanol–water partition coefficient (Wildman–Crippen LogP) is 4.29. The van der Waals surface area contributed by atoms with Gasteiger partial charge in [-0.25, -0.2) is 12.8 Å². The lowest BCUT2D eigenvalue weighted by Crippen LogP contribution is -2.38. The average molecular weight is 443 g/mol. The number of carbonyl (C=O) groups excluding carboxylic acids is 1. The van der Waals surface area contributed by atoms with Gasteiger partial charge in [-0.1, -0.05) is 23.8 Å². The number of aryl methyl sites for hydroxylation is 2. The number of halogens is 1. The Hall–Kier alpha value is -3.39. The molecule has 8 heteroatoms. The lowest BCUT2D eigenvalue weighted by atomic mass is 10.2. The van der Waals surface area contributed by atoms with Crippen LogP contribution in [0.3, 0.4) is 0 Å². The SMILES string of the molecule is COc1ccc(C)cc1NC(=O)CN(c1ccc(C)cc1)S(=O)(=O)c1ccc(F)cc1. The molecule has 0 spiro atoms. The number of rotatable bonds is 7. The molecule has 3 rings (SSSR count). The summed E-state index contributed by atoms with van der Waals surface area (Å²) < 4.78 is 46.2. The first-order valence-corrected chi connectivity index (χ1v) is 10.9. The van der Waals surface area contributed by atoms with Gasteiger partial charge in [-0.2, -0.15) is 0 Å². The topological polar surface area (TPSA) is 75.7 Å². The maximum atomic E-state index is 13.3. The number of nitrogens with one attached hydrogen (secondary N) is 1. The van der Waals surface area contributed by atoms with Crippen LogP contribution in [0.2, 0.25) is 0 Å². The monoisotopic (exact) mass is 442 g/mol. The van der Waals surface area contributed by atoms with Crippen molar-refractivity contribution in [1.29, 1.82) is 0 Å². The van der Waals surface area contributed by atoms with E-state index in [1.165, 1.54) is 19.2 Å². The van der Waals surface area contributed by atoms with Crippen molar-refractivity contribution in [1.82, 2.24) is 0 Å². The van der Waals surface area contributed by atoms with Gasteiger partial charge in [0.1, 0.15) is 18.1 Å². The predicted molar refractivity (Wildman–Crippen MR) is 118 cm³/mol. The normalized spacial score (nSPS) is 11.1. The van der Waals surface area contributed by atoms with Gasteiger partial charge in [-0.05, 0) is 67.9 Å². The van der Waals surface area contributed by atoms with Crippen LogP contribution in [-0.2, 0) is 14.8 Å². The highest BCUT2D eigenvalue weighted by Crippen LogP contribution is 2.27. The molecule has 0 aliphatic heterocycles. The number of hydrogen-bond acceptors (Lipinski definition) is 4. The summed E-state index contributed by atoms with van der Waals surface area (Å²) in [5.74, 6) is -0.637. The van der Waals surface area contributed by atoms with Crippen molar-refractivity contribution in [2.75, 3.05) is 23.3 Å². The van der Waals surface area contributed by atoms with Crippen LogP contribution in [0.5, 0.6) is 5.75 Å². The molecule has 0 bridgehead atoms. The molecule has 0 heterocycles. The van der Waals surface area contributed by atoms with E-state index in [9.17, 15) is 17.6 Å². The lowest BCUT2D eigenvalue weighted by molar-refractivity contribution is -0.114. The fraction of sp³-hybridized carbons (Fsp3) is 0.174. The third-order valence-corrected chi connectivity index (χ3v) is 6.43. The Morgan fingerprint density at radius 2 is 1.58 bits per heavy atom. The molecule has 1 amide bonds. The Balaban J connectivity index is 1.95. The number of hydrogen-bond donors (Lipinski definition) is 1. The van der Waals surface area contributed by atoms with E-state index < -0.39 is 28.3 Å². The molecule has 3 aromatic carbocycles. The summed E-state index contributed by atoms with van der Waals surface area (Å²) in [6.07, 6.45) is 0. The van der Waals surface area contributed by atoms with E-state index in [0.717, 1.165) is 27.6 Å². The lowest BCUT2D eigenvalue weighted by Gasteiger charge is -2.24. The second kappa shape index (κ2) is 9.18. The van der Waals surface area contributed by atoms with E-state index in [-0.39, 0.29) is 4.90 Å². The number of carbonyl (C=O) groups is 1. The van der Waals surface area contributed by atoms with Crippen molar-refractivity contribution < 1.29 is 22.3 Å². The molecule has 0 saturated carbocycles. The molecule has 0 radical (unpaired) electrons. The summed E-state index contributed by atoms with van der Waals surface area (Å²) in [5.41, 5.74) is 2.61. The molecule has 0 saturated heterocycles. The summed E-state index contributed by atoms with van der Waals surface area (Å²) in [6, 6.07) is 16.5. The highest BCUT2D eigenvalue weighted by molar-refractivity contribution is 7.92. The zero-order valence-electron chi connectivity index (χ0n) is 17.4. The van der Waals surface area contributed by atoms with Gasteiger partial charge in [-0.3, -0.25) is 9.10 Å². The molecule has 0 atom stereocenters. The van der Waals surface area contributed by atoms with Crippen LogP contribution in [0.1, 0.15) is 11.1 Å². The van der Waals surface area contributed by atoms with Crippen LogP contribution in [-0.4, -0.2) is 28.0 Å². The van der Waals surface area contributed by atoms with Gasteiger partial charge in [0.2, 0.25) is 5.91 Å². The van der Waals surface area contributed by atoms with Crippen LogP contribution in [0.25, 0.3) is 0 Å². The standard InChI is InChI=1S/C23H23FN2O4S/c1-16-4-9-19(10-5-16)26(31(28,29)20-11-7-18(24)8-12-20)15-23(27)25-21-14-17(2)6-13-22(21)30-3/h4-14H,15H2,1-3H3,(H,25,27). The molecule has 0 unspecified atom stereocenters. The van der Waals surface area contributed by atoms with E-state index in [1.807, 2.05) is 19.9 Å². The first-order valence-electron chi connectivity index (χ1n) is 9.50. The Morgan fingerprint density at radius 3 is 2.19 bits per heavy atom. The molecule has 0 aliphatic carbocycles. The number of amides is 1. The smallest absolute Gasteiger partial charge is 0.264 e. The molecule has 0 aliphatic rings. The fourth-order valence-electron chi connectivity index (χ4n) is 3.00. The number of anilines is 2. The van der Waals surface area contributed by atoms with Gasteiger partial charge in [0.15, 0.2) is 0 Å². The minimum atomic E-state index is -4.12. The van der Waals surface area contributed by atoms with Gasteiger partial charge in [-0.15, -0.1) is 0 Å². The average Bonchev–Trinajstić information content (AvgIpc) is 2.73. The molecular weight excluding hydrogens is 419 g/mol. The molecule has 1 N–H and O–H groups in total. The van der Waals surface area contributed by atoms with Gasteiger partial charge >= 0.3 is 0 Å². The zero-order valence-corrected chi connectivity index (χ0v) is 18.2. The number of benzene rings is 3. The maximum Gasteiger partial charge on any atom is 0.264 e. The van der Waals surface area contributed by atoms with Crippen LogP contribution in [0.15, 0.2) is 71.6 Å². The number of sulfonamides is 1. The molecule has 3 aromatic rings. The van der Waals surface area contributed by atoms with Gasteiger partial charge < -0.3 is 10.1 Å². The van der Waals surface area contributed by atoms with E-state index in [4.69, 9.17) is 4.74 Å². The molecular formula is C23H23FN2O4S. The highest BCUT2D eigenvalue weighted by atomic mass is 32.2. The largest absolute Gasteiger partial charge is 0.495 e. The first-order chi connectivity index (χ1) is 14.7. The molecule has 0 fully saturated rings. The number of ether oxygens (including phenoxy) is 1. The quantitative estimate of drug-likeness (QED) is 0.592. The van der Waals surface area contributed by atoms with Crippen molar-refractivity contribution in [2.24, 2.45) is 0 Å². The van der Waals surface area contributed by atoms with Crippen molar-refractivity contribution in [3.05, 3.63) is 83.7 Å². The first kappa shape index (κ1) is 22.3. The summed E-state index contributed by atoms with van der Waals surface area (Å²) in [6.45, 7) is 3.27. The Bertz CT molecular complexity index is 1180. The van der Waals surface area contributed by atoms with Crippen LogP contribution in [0, 0.1) is 19.7 Å². The van der Waals surface area contributed by atoms with Gasteiger partial charge in [0.25, 0.3) is 10.0 Å². The molecule has 0 aromatic heterocycles. The summed E-state index contributed by atoms with van der Waals surface area (Å²) in [4.78, 5) is 12.7. The van der Waals surface area contributed by atoms with Crippen molar-refractivity contribution >= 4 is 27.3 Å². The van der Waals surface area contributed by atoms with Gasteiger partial charge in [0.05, 0.1) is 23.4 Å². The van der Waals surface area contributed by atoms with E-state index in [2.05, 4.69) is 5.32 Å². The van der Waals surface area contributed by atoms with Crippen LogP contribution >= 0.6 is 0 Å². The molecule has 162 valence electrons. The second-order valence-electron chi connectivity index (χ2n) is 7.05. The van der Waals surface area contributed by atoms with Crippen molar-refractivity contribution in [3.63, 3.8) is 0 Å². The molecule has 31 heavy (non-hydrogen) atoms. The van der Waals surface area contributed by atoms with E-state index in [0.29, 0.717) is 17.1 Å². The van der Waals surface area contributed by atoms with Crippen LogP contribution in [0.4, 0.5) is 15.8 Å². The number of nitrogens with zero attached hydrogens (tertiary/aromatic N) is 1. The van der Waals surface area contributed by atoms with E-state index >= 15 is 0 Å². The van der Waals surface area contributed by atoms with Gasteiger partial charge in [0, 0.05) is 0 Å². The zero-order chi connectivity index (χ0) is 22.6. The van der Waals surface area contributed by atoms with Crippen molar-refractivity contribution in [3.8, 4) is 5.75 Å². The minimum Gasteiger partial charge on any atom is -0.495 e. The third kappa shape index (κ3) is 5.21. The Morgan fingerprint density at radius 1 is 0.968 bits per heavy atom. The number of methoxy groups -OCH3 is 1.